The molecule has 0 saturated carbocycles. The van der Waals surface area contributed by atoms with Gasteiger partial charge in [-0.25, -0.2) is 8.42 Å². The number of carbonyl (C=O) groups is 1. The van der Waals surface area contributed by atoms with Gasteiger partial charge in [-0.3, -0.25) is 4.79 Å². The second kappa shape index (κ2) is 9.10. The van der Waals surface area contributed by atoms with Crippen molar-refractivity contribution >= 4 is 21.6 Å². The molecule has 0 atom stereocenters. The molecule has 9 heteroatoms. The van der Waals surface area contributed by atoms with E-state index in [0.717, 1.165) is 0 Å². The Kier molecular flexibility index (Phi) is 7.48. The summed E-state index contributed by atoms with van der Waals surface area (Å²) < 4.78 is 31.7. The van der Waals surface area contributed by atoms with Crippen LogP contribution in [0.25, 0.3) is 0 Å². The molecule has 0 aliphatic rings. The van der Waals surface area contributed by atoms with Crippen molar-refractivity contribution in [1.29, 1.82) is 5.26 Å². The third-order valence-corrected chi connectivity index (χ3v) is 5.36. The van der Waals surface area contributed by atoms with E-state index in [1.165, 1.54) is 29.6 Å². The van der Waals surface area contributed by atoms with Gasteiger partial charge in [0, 0.05) is 13.1 Å². The smallest absolute Gasteiger partial charge is 0.243 e. The molecule has 0 aliphatic carbocycles. The molecular weight excluding hydrogens is 332 g/mol. The Morgan fingerprint density at radius 2 is 2.00 bits per heavy atom. The molecule has 8 nitrogen and oxygen atoms in total. The number of ether oxygens (including phenoxy) is 1. The molecule has 24 heavy (non-hydrogen) atoms. The zero-order valence-electron chi connectivity index (χ0n) is 14.0. The predicted molar refractivity (Wildman–Crippen MR) is 90.2 cm³/mol. The summed E-state index contributed by atoms with van der Waals surface area (Å²) in [5, 5.41) is 13.7. The lowest BCUT2D eigenvalue weighted by atomic mass is 10.3. The summed E-state index contributed by atoms with van der Waals surface area (Å²) in [6.07, 6.45) is 0. The Bertz CT molecular complexity index is 709. The van der Waals surface area contributed by atoms with Crippen molar-refractivity contribution in [3.8, 4) is 11.8 Å². The maximum Gasteiger partial charge on any atom is 0.243 e. The summed E-state index contributed by atoms with van der Waals surface area (Å²) >= 11 is 0. The first-order valence-corrected chi connectivity index (χ1v) is 8.90. The molecule has 0 unspecified atom stereocenters. The van der Waals surface area contributed by atoms with E-state index in [-0.39, 0.29) is 23.9 Å². The van der Waals surface area contributed by atoms with E-state index in [2.05, 4.69) is 10.6 Å². The number of nitrogens with one attached hydrogen (secondary N) is 2. The first-order chi connectivity index (χ1) is 11.4. The first-order valence-electron chi connectivity index (χ1n) is 7.46. The highest BCUT2D eigenvalue weighted by Crippen LogP contribution is 2.28. The molecule has 132 valence electrons. The van der Waals surface area contributed by atoms with Crippen molar-refractivity contribution in [2.45, 2.75) is 18.7 Å². The zero-order chi connectivity index (χ0) is 18.2. The Balaban J connectivity index is 3.04. The van der Waals surface area contributed by atoms with Gasteiger partial charge in [0.25, 0.3) is 0 Å². The topological polar surface area (TPSA) is 112 Å². The number of benzene rings is 1. The molecule has 0 heterocycles. The van der Waals surface area contributed by atoms with Gasteiger partial charge in [0.05, 0.1) is 30.3 Å². The third kappa shape index (κ3) is 4.84. The molecule has 1 aromatic carbocycles. The van der Waals surface area contributed by atoms with Gasteiger partial charge in [0.15, 0.2) is 0 Å². The summed E-state index contributed by atoms with van der Waals surface area (Å²) in [5.74, 6) is 0.0391. The maximum absolute atomic E-state index is 12.6. The Morgan fingerprint density at radius 3 is 2.54 bits per heavy atom. The van der Waals surface area contributed by atoms with E-state index >= 15 is 0 Å². The van der Waals surface area contributed by atoms with Crippen molar-refractivity contribution in [2.24, 2.45) is 0 Å². The fourth-order valence-corrected chi connectivity index (χ4v) is 3.56. The van der Waals surface area contributed by atoms with E-state index in [1.54, 1.807) is 19.9 Å². The fraction of sp³-hybridized carbons (Fsp3) is 0.467. The summed E-state index contributed by atoms with van der Waals surface area (Å²) in [6, 6.07) is 6.24. The quantitative estimate of drug-likeness (QED) is 0.634. The monoisotopic (exact) mass is 354 g/mol. The predicted octanol–water partition coefficient (Wildman–Crippen LogP) is 0.777. The average molecular weight is 354 g/mol. The maximum atomic E-state index is 12.6. The van der Waals surface area contributed by atoms with Crippen LogP contribution in [0, 0.1) is 11.3 Å². The van der Waals surface area contributed by atoms with Gasteiger partial charge in [-0.05, 0) is 18.2 Å². The fourth-order valence-electron chi connectivity index (χ4n) is 2.07. The van der Waals surface area contributed by atoms with E-state index in [9.17, 15) is 13.2 Å². The van der Waals surface area contributed by atoms with Crippen LogP contribution in [-0.2, 0) is 14.8 Å². The third-order valence-electron chi connectivity index (χ3n) is 3.32. The van der Waals surface area contributed by atoms with Gasteiger partial charge in [-0.15, -0.1) is 0 Å². The first kappa shape index (κ1) is 19.7. The lowest BCUT2D eigenvalue weighted by Gasteiger charge is -2.19. The number of rotatable bonds is 9. The lowest BCUT2D eigenvalue weighted by Crippen LogP contribution is -2.31. The van der Waals surface area contributed by atoms with E-state index in [1.807, 2.05) is 0 Å². The van der Waals surface area contributed by atoms with E-state index in [4.69, 9.17) is 10.00 Å². The van der Waals surface area contributed by atoms with Crippen LogP contribution in [0.15, 0.2) is 23.1 Å². The van der Waals surface area contributed by atoms with Crippen molar-refractivity contribution < 1.29 is 17.9 Å². The molecule has 1 rings (SSSR count). The Morgan fingerprint density at radius 1 is 1.33 bits per heavy atom. The zero-order valence-corrected chi connectivity index (χ0v) is 14.8. The van der Waals surface area contributed by atoms with Gasteiger partial charge in [0.1, 0.15) is 12.3 Å². The number of hydrogen-bond acceptors (Lipinski definition) is 6. The second-order valence-corrected chi connectivity index (χ2v) is 6.68. The van der Waals surface area contributed by atoms with Crippen molar-refractivity contribution in [2.75, 3.05) is 38.6 Å². The molecule has 2 N–H and O–H groups in total. The van der Waals surface area contributed by atoms with Crippen molar-refractivity contribution in [3.05, 3.63) is 18.2 Å². The molecule has 1 amide bonds. The number of amides is 1. The second-order valence-electron chi connectivity index (χ2n) is 4.74. The molecule has 0 radical (unpaired) electrons. The Labute approximate surface area is 142 Å². The van der Waals surface area contributed by atoms with Crippen LogP contribution in [0.1, 0.15) is 13.8 Å². The average Bonchev–Trinajstić information content (AvgIpc) is 2.58. The molecular formula is C15H22N4O4S. The highest BCUT2D eigenvalue weighted by Gasteiger charge is 2.22. The van der Waals surface area contributed by atoms with Gasteiger partial charge < -0.3 is 15.4 Å². The number of nitrogens with zero attached hydrogens (tertiary/aromatic N) is 2. The molecule has 0 aliphatic heterocycles. The van der Waals surface area contributed by atoms with Gasteiger partial charge in [-0.1, -0.05) is 13.8 Å². The van der Waals surface area contributed by atoms with Crippen molar-refractivity contribution in [1.82, 2.24) is 9.62 Å². The molecule has 0 bridgehead atoms. The van der Waals surface area contributed by atoms with Crippen LogP contribution in [-0.4, -0.2) is 51.9 Å². The summed E-state index contributed by atoms with van der Waals surface area (Å²) in [5.41, 5.74) is 0.387. The number of sulfonamides is 1. The Hall–Kier alpha value is -2.31. The summed E-state index contributed by atoms with van der Waals surface area (Å²) in [4.78, 5) is 11.7. The van der Waals surface area contributed by atoms with Crippen LogP contribution in [0.4, 0.5) is 5.69 Å². The molecule has 0 fully saturated rings. The number of anilines is 1. The number of nitriles is 1. The highest BCUT2D eigenvalue weighted by atomic mass is 32.2. The molecule has 0 saturated heterocycles. The SMILES string of the molecule is CCN(CC)S(=O)(=O)c1ccc(OC)c(NCC(=O)NCC#N)c1. The van der Waals surface area contributed by atoms with Crippen LogP contribution < -0.4 is 15.4 Å². The minimum absolute atomic E-state index is 0.0893. The van der Waals surface area contributed by atoms with Gasteiger partial charge in [0.2, 0.25) is 15.9 Å². The number of hydrogen-bond donors (Lipinski definition) is 2. The summed E-state index contributed by atoms with van der Waals surface area (Å²) in [6.45, 7) is 4.07. The van der Waals surface area contributed by atoms with Crippen LogP contribution >= 0.6 is 0 Å². The number of carbonyl (C=O) groups excluding carboxylic acids is 1. The summed E-state index contributed by atoms with van der Waals surface area (Å²) in [7, 11) is -2.15. The normalized spacial score (nSPS) is 11.0. The highest BCUT2D eigenvalue weighted by molar-refractivity contribution is 7.89. The van der Waals surface area contributed by atoms with Crippen LogP contribution in [0.2, 0.25) is 0 Å². The van der Waals surface area contributed by atoms with Gasteiger partial charge in [-0.2, -0.15) is 9.57 Å². The largest absolute Gasteiger partial charge is 0.495 e. The van der Waals surface area contributed by atoms with E-state index in [0.29, 0.717) is 24.5 Å². The minimum Gasteiger partial charge on any atom is -0.495 e. The molecule has 0 spiro atoms. The van der Waals surface area contributed by atoms with Crippen LogP contribution in [0.3, 0.4) is 0 Å². The number of methoxy groups -OCH3 is 1. The standard InChI is InChI=1S/C15H22N4O4S/c1-4-19(5-2)24(21,22)12-6-7-14(23-3)13(10-12)18-11-15(20)17-9-8-16/h6-7,10,18H,4-5,9,11H2,1-3H3,(H,17,20). The van der Waals surface area contributed by atoms with E-state index < -0.39 is 10.0 Å². The van der Waals surface area contributed by atoms with Gasteiger partial charge >= 0.3 is 0 Å². The lowest BCUT2D eigenvalue weighted by molar-refractivity contribution is -0.119. The molecule has 0 aromatic heterocycles. The minimum atomic E-state index is -3.61. The molecule has 1 aromatic rings. The van der Waals surface area contributed by atoms with Crippen molar-refractivity contribution in [3.63, 3.8) is 0 Å². The van der Waals surface area contributed by atoms with Crippen LogP contribution in [0.5, 0.6) is 5.75 Å².